The summed E-state index contributed by atoms with van der Waals surface area (Å²) in [6, 6.07) is 3.34. The molecule has 1 N–H and O–H groups in total. The predicted molar refractivity (Wildman–Crippen MR) is 80.4 cm³/mol. The monoisotopic (exact) mass is 338 g/mol. The summed E-state index contributed by atoms with van der Waals surface area (Å²) in [6.07, 6.45) is 1.58. The van der Waals surface area contributed by atoms with Gasteiger partial charge in [-0.05, 0) is 17.7 Å². The summed E-state index contributed by atoms with van der Waals surface area (Å²) in [5.41, 5.74) is 1.02. The average Bonchev–Trinajstić information content (AvgIpc) is 2.98. The van der Waals surface area contributed by atoms with Crippen LogP contribution in [-0.2, 0) is 23.2 Å². The van der Waals surface area contributed by atoms with E-state index in [9.17, 15) is 9.90 Å². The Labute approximate surface area is 137 Å². The highest BCUT2D eigenvalue weighted by Gasteiger charge is 2.22. The van der Waals surface area contributed by atoms with Crippen molar-refractivity contribution in [1.29, 1.82) is 0 Å². The molecular formula is C15H15ClN2O5. The van der Waals surface area contributed by atoms with Gasteiger partial charge in [0.25, 0.3) is 0 Å². The van der Waals surface area contributed by atoms with E-state index in [4.69, 9.17) is 25.8 Å². The van der Waals surface area contributed by atoms with E-state index >= 15 is 0 Å². The molecule has 0 aliphatic carbocycles. The second-order valence-corrected chi connectivity index (χ2v) is 5.47. The zero-order chi connectivity index (χ0) is 16.4. The van der Waals surface area contributed by atoms with E-state index in [0.717, 1.165) is 0 Å². The SMILES string of the molecule is Cn1cc(C(O)C(=O)OCc2cc(Cl)c3c(c2)OCCO3)cn1. The second kappa shape index (κ2) is 6.47. The Morgan fingerprint density at radius 3 is 3.00 bits per heavy atom. The number of carbonyl (C=O) groups excluding carboxylic acids is 1. The van der Waals surface area contributed by atoms with Crippen molar-refractivity contribution in [2.45, 2.75) is 12.7 Å². The molecule has 1 unspecified atom stereocenters. The molecule has 0 spiro atoms. The van der Waals surface area contributed by atoms with Crippen LogP contribution >= 0.6 is 11.6 Å². The number of rotatable bonds is 4. The molecular weight excluding hydrogens is 324 g/mol. The number of esters is 1. The van der Waals surface area contributed by atoms with E-state index in [1.54, 1.807) is 25.4 Å². The van der Waals surface area contributed by atoms with Gasteiger partial charge < -0.3 is 19.3 Å². The van der Waals surface area contributed by atoms with Crippen molar-refractivity contribution in [3.05, 3.63) is 40.7 Å². The molecule has 2 aromatic rings. The number of halogens is 1. The minimum Gasteiger partial charge on any atom is -0.486 e. The zero-order valence-electron chi connectivity index (χ0n) is 12.4. The minimum absolute atomic E-state index is 0.0352. The normalized spacial score (nSPS) is 14.4. The first-order chi connectivity index (χ1) is 11.0. The summed E-state index contributed by atoms with van der Waals surface area (Å²) in [5.74, 6) is 0.245. The lowest BCUT2D eigenvalue weighted by molar-refractivity contribution is -0.155. The van der Waals surface area contributed by atoms with Crippen LogP contribution < -0.4 is 9.47 Å². The quantitative estimate of drug-likeness (QED) is 0.853. The maximum absolute atomic E-state index is 11.9. The van der Waals surface area contributed by atoms with Gasteiger partial charge in [-0.25, -0.2) is 4.79 Å². The van der Waals surface area contributed by atoms with Gasteiger partial charge in [-0.1, -0.05) is 11.6 Å². The number of hydrogen-bond acceptors (Lipinski definition) is 6. The van der Waals surface area contributed by atoms with Crippen molar-refractivity contribution in [3.8, 4) is 11.5 Å². The Bertz CT molecular complexity index is 731. The first kappa shape index (κ1) is 15.6. The van der Waals surface area contributed by atoms with Crippen molar-refractivity contribution in [2.75, 3.05) is 13.2 Å². The van der Waals surface area contributed by atoms with Gasteiger partial charge in [-0.15, -0.1) is 0 Å². The number of aromatic nitrogens is 2. The van der Waals surface area contributed by atoms with Gasteiger partial charge in [0, 0.05) is 18.8 Å². The van der Waals surface area contributed by atoms with Crippen LogP contribution in [0.15, 0.2) is 24.5 Å². The number of benzene rings is 1. The van der Waals surface area contributed by atoms with Crippen LogP contribution in [-0.4, -0.2) is 34.1 Å². The zero-order valence-corrected chi connectivity index (χ0v) is 13.1. The van der Waals surface area contributed by atoms with E-state index in [2.05, 4.69) is 5.10 Å². The summed E-state index contributed by atoms with van der Waals surface area (Å²) < 4.78 is 17.5. The fraction of sp³-hybridized carbons (Fsp3) is 0.333. The van der Waals surface area contributed by atoms with E-state index in [-0.39, 0.29) is 6.61 Å². The number of fused-ring (bicyclic) bond motifs is 1. The summed E-state index contributed by atoms with van der Waals surface area (Å²) >= 11 is 6.12. The van der Waals surface area contributed by atoms with Gasteiger partial charge in [-0.2, -0.15) is 5.10 Å². The topological polar surface area (TPSA) is 82.8 Å². The molecule has 2 heterocycles. The van der Waals surface area contributed by atoms with Gasteiger partial charge in [0.2, 0.25) is 0 Å². The first-order valence-electron chi connectivity index (χ1n) is 6.96. The molecule has 0 bridgehead atoms. The lowest BCUT2D eigenvalue weighted by Crippen LogP contribution is -2.17. The van der Waals surface area contributed by atoms with Crippen molar-refractivity contribution in [2.24, 2.45) is 7.05 Å². The molecule has 122 valence electrons. The summed E-state index contributed by atoms with van der Waals surface area (Å²) in [6.45, 7) is 0.844. The Hall–Kier alpha value is -2.25. The molecule has 0 saturated heterocycles. The van der Waals surface area contributed by atoms with Gasteiger partial charge in [-0.3, -0.25) is 4.68 Å². The minimum atomic E-state index is -1.38. The van der Waals surface area contributed by atoms with Crippen molar-refractivity contribution in [1.82, 2.24) is 9.78 Å². The highest BCUT2D eigenvalue weighted by molar-refractivity contribution is 6.32. The van der Waals surface area contributed by atoms with Crippen LogP contribution in [0.4, 0.5) is 0 Å². The Balaban J connectivity index is 1.66. The number of aryl methyl sites for hydroxylation is 1. The van der Waals surface area contributed by atoms with Crippen molar-refractivity contribution >= 4 is 17.6 Å². The predicted octanol–water partition coefficient (Wildman–Crippen LogP) is 1.62. The molecule has 1 atom stereocenters. The number of ether oxygens (including phenoxy) is 3. The number of hydrogen-bond donors (Lipinski definition) is 1. The van der Waals surface area contributed by atoms with Gasteiger partial charge >= 0.3 is 5.97 Å². The first-order valence-corrected chi connectivity index (χ1v) is 7.33. The van der Waals surface area contributed by atoms with Crippen molar-refractivity contribution in [3.63, 3.8) is 0 Å². The van der Waals surface area contributed by atoms with Crippen LogP contribution in [0.25, 0.3) is 0 Å². The van der Waals surface area contributed by atoms with Crippen molar-refractivity contribution < 1.29 is 24.1 Å². The van der Waals surface area contributed by atoms with E-state index < -0.39 is 12.1 Å². The Morgan fingerprint density at radius 2 is 2.26 bits per heavy atom. The Kier molecular flexibility index (Phi) is 4.40. The molecule has 1 aromatic heterocycles. The maximum atomic E-state index is 11.9. The summed E-state index contributed by atoms with van der Waals surface area (Å²) in [5, 5.41) is 14.2. The largest absolute Gasteiger partial charge is 0.486 e. The molecule has 7 nitrogen and oxygen atoms in total. The van der Waals surface area contributed by atoms with Gasteiger partial charge in [0.15, 0.2) is 17.6 Å². The van der Waals surface area contributed by atoms with Crippen LogP contribution in [0.3, 0.4) is 0 Å². The standard InChI is InChI=1S/C15H15ClN2O5/c1-18-7-10(6-17-18)13(19)15(20)23-8-9-4-11(16)14-12(5-9)21-2-3-22-14/h4-7,13,19H,2-3,8H2,1H3. The molecule has 23 heavy (non-hydrogen) atoms. The number of aliphatic hydroxyl groups excluding tert-OH is 1. The highest BCUT2D eigenvalue weighted by Crippen LogP contribution is 2.38. The molecule has 0 saturated carbocycles. The molecule has 1 aliphatic rings. The van der Waals surface area contributed by atoms with Crippen LogP contribution in [0, 0.1) is 0 Å². The second-order valence-electron chi connectivity index (χ2n) is 5.06. The summed E-state index contributed by atoms with van der Waals surface area (Å²) in [7, 11) is 1.69. The average molecular weight is 339 g/mol. The third-order valence-electron chi connectivity index (χ3n) is 3.30. The van der Waals surface area contributed by atoms with Crippen LogP contribution in [0.2, 0.25) is 5.02 Å². The molecule has 3 rings (SSSR count). The molecule has 1 aromatic carbocycles. The van der Waals surface area contributed by atoms with Gasteiger partial charge in [0.1, 0.15) is 19.8 Å². The number of aliphatic hydroxyl groups is 1. The molecule has 0 amide bonds. The molecule has 1 aliphatic heterocycles. The molecule has 0 radical (unpaired) electrons. The lowest BCUT2D eigenvalue weighted by atomic mass is 10.2. The van der Waals surface area contributed by atoms with Gasteiger partial charge in [0.05, 0.1) is 11.2 Å². The van der Waals surface area contributed by atoms with E-state index in [1.165, 1.54) is 10.9 Å². The lowest BCUT2D eigenvalue weighted by Gasteiger charge is -2.20. The highest BCUT2D eigenvalue weighted by atomic mass is 35.5. The number of carbonyl (C=O) groups is 1. The molecule has 0 fully saturated rings. The fourth-order valence-corrected chi connectivity index (χ4v) is 2.49. The summed E-state index contributed by atoms with van der Waals surface area (Å²) in [4.78, 5) is 11.9. The fourth-order valence-electron chi connectivity index (χ4n) is 2.20. The van der Waals surface area contributed by atoms with Crippen LogP contribution in [0.5, 0.6) is 11.5 Å². The Morgan fingerprint density at radius 1 is 1.48 bits per heavy atom. The maximum Gasteiger partial charge on any atom is 0.340 e. The van der Waals surface area contributed by atoms with E-state index in [0.29, 0.717) is 40.9 Å². The number of nitrogens with zero attached hydrogens (tertiary/aromatic N) is 2. The van der Waals surface area contributed by atoms with Crippen LogP contribution in [0.1, 0.15) is 17.2 Å². The smallest absolute Gasteiger partial charge is 0.340 e. The third kappa shape index (κ3) is 3.40. The van der Waals surface area contributed by atoms with E-state index in [1.807, 2.05) is 0 Å². The molecule has 8 heteroatoms. The third-order valence-corrected chi connectivity index (χ3v) is 3.58.